The summed E-state index contributed by atoms with van der Waals surface area (Å²) in [5, 5.41) is 2.59. The molecule has 0 aromatic heterocycles. The lowest BCUT2D eigenvalue weighted by molar-refractivity contribution is 0.427. The monoisotopic (exact) mass is 636 g/mol. The fourth-order valence-corrected chi connectivity index (χ4v) is 9.71. The minimum atomic E-state index is -0.426. The van der Waals surface area contributed by atoms with Crippen molar-refractivity contribution in [3.05, 3.63) is 215 Å². The summed E-state index contributed by atoms with van der Waals surface area (Å²) in [5.41, 5.74) is 15.9. The third-order valence-electron chi connectivity index (χ3n) is 11.8. The van der Waals surface area contributed by atoms with Gasteiger partial charge in [0.05, 0.1) is 5.41 Å². The second kappa shape index (κ2) is 9.94. The molecule has 3 aliphatic rings. The van der Waals surface area contributed by atoms with Crippen LogP contribution in [0, 0.1) is 0 Å². The zero-order valence-corrected chi connectivity index (χ0v) is 27.7. The molecule has 1 heteroatoms. The Morgan fingerprint density at radius 1 is 0.420 bits per heavy atom. The lowest BCUT2D eigenvalue weighted by Gasteiger charge is -2.38. The topological polar surface area (TPSA) is 9.23 Å². The minimum Gasteiger partial charge on any atom is -0.457 e. The number of para-hydroxylation sites is 1. The Hall–Kier alpha value is -6.18. The first-order chi connectivity index (χ1) is 24.7. The maximum absolute atomic E-state index is 6.78. The van der Waals surface area contributed by atoms with Crippen LogP contribution in [0.25, 0.3) is 44.2 Å². The van der Waals surface area contributed by atoms with Crippen LogP contribution in [0.4, 0.5) is 0 Å². The van der Waals surface area contributed by atoms with Gasteiger partial charge in [0.1, 0.15) is 11.5 Å². The Morgan fingerprint density at radius 3 is 1.92 bits per heavy atom. The van der Waals surface area contributed by atoms with Crippen molar-refractivity contribution in [1.29, 1.82) is 0 Å². The molecule has 50 heavy (non-hydrogen) atoms. The van der Waals surface area contributed by atoms with E-state index in [0.29, 0.717) is 0 Å². The number of benzene rings is 8. The number of ether oxygens (including phenoxy) is 1. The van der Waals surface area contributed by atoms with Crippen molar-refractivity contribution >= 4 is 10.8 Å². The Labute approximate surface area is 292 Å². The highest BCUT2D eigenvalue weighted by Crippen LogP contribution is 2.65. The normalized spacial score (nSPS) is 18.8. The van der Waals surface area contributed by atoms with Crippen molar-refractivity contribution in [3.63, 3.8) is 0 Å². The van der Waals surface area contributed by atoms with Crippen molar-refractivity contribution in [2.75, 3.05) is 0 Å². The Morgan fingerprint density at radius 2 is 1.06 bits per heavy atom. The zero-order chi connectivity index (χ0) is 33.0. The highest BCUT2D eigenvalue weighted by molar-refractivity contribution is 6.05. The number of hydrogen-bond acceptors (Lipinski definition) is 1. The lowest BCUT2D eigenvalue weighted by atomic mass is 9.69. The van der Waals surface area contributed by atoms with E-state index in [9.17, 15) is 0 Å². The molecule has 0 amide bonds. The van der Waals surface area contributed by atoms with Crippen molar-refractivity contribution in [2.24, 2.45) is 0 Å². The summed E-state index contributed by atoms with van der Waals surface area (Å²) < 4.78 is 6.78. The minimum absolute atomic E-state index is 0.350. The van der Waals surface area contributed by atoms with Crippen LogP contribution in [0.5, 0.6) is 11.5 Å². The van der Waals surface area contributed by atoms with Gasteiger partial charge in [0, 0.05) is 16.5 Å². The van der Waals surface area contributed by atoms with E-state index in [-0.39, 0.29) is 5.41 Å². The zero-order valence-electron chi connectivity index (χ0n) is 27.7. The molecule has 2 unspecified atom stereocenters. The first kappa shape index (κ1) is 27.7. The number of fused-ring (bicyclic) bond motifs is 14. The molecule has 1 spiro atoms. The molecular weight excluding hydrogens is 605 g/mol. The average Bonchev–Trinajstić information content (AvgIpc) is 3.66. The van der Waals surface area contributed by atoms with Crippen LogP contribution in [0.2, 0.25) is 0 Å². The van der Waals surface area contributed by atoms with Gasteiger partial charge in [0.25, 0.3) is 0 Å². The Bertz CT molecular complexity index is 2700. The molecule has 1 nitrogen and oxygen atoms in total. The summed E-state index contributed by atoms with van der Waals surface area (Å²) >= 11 is 0. The third kappa shape index (κ3) is 3.37. The third-order valence-corrected chi connectivity index (χ3v) is 11.8. The molecule has 0 bridgehead atoms. The molecule has 234 valence electrons. The van der Waals surface area contributed by atoms with E-state index in [1.807, 2.05) is 0 Å². The standard InChI is InChI=1S/C49H32O/c1-48(33-15-3-2-4-16-33)41-23-11-12-25-44(41)50-45-30-32(27-29-42(45)48)34-20-13-24-43-46(34)38-19-8-10-22-40(38)49(43)39-21-9-7-18-36(39)37-28-26-31-14-5-6-17-35(31)47(37)49/h2-30H,1H3. The van der Waals surface area contributed by atoms with Gasteiger partial charge >= 0.3 is 0 Å². The van der Waals surface area contributed by atoms with E-state index >= 15 is 0 Å². The predicted molar refractivity (Wildman–Crippen MR) is 204 cm³/mol. The molecule has 0 saturated carbocycles. The van der Waals surface area contributed by atoms with Gasteiger partial charge in [0.15, 0.2) is 0 Å². The molecular formula is C49H32O. The van der Waals surface area contributed by atoms with Gasteiger partial charge in [-0.05, 0) is 91.0 Å². The first-order valence-electron chi connectivity index (χ1n) is 17.5. The highest BCUT2D eigenvalue weighted by atomic mass is 16.5. The van der Waals surface area contributed by atoms with Gasteiger partial charge < -0.3 is 4.74 Å². The van der Waals surface area contributed by atoms with Gasteiger partial charge in [-0.2, -0.15) is 0 Å². The molecule has 0 saturated heterocycles. The number of rotatable bonds is 2. The van der Waals surface area contributed by atoms with Crippen LogP contribution in [0.15, 0.2) is 176 Å². The maximum atomic E-state index is 6.78. The van der Waals surface area contributed by atoms with Gasteiger partial charge in [-0.25, -0.2) is 0 Å². The SMILES string of the molecule is CC1(c2ccccc2)c2ccccc2Oc2cc(-c3cccc4c3-c3ccccc3C43c4ccccc4-c4ccc5ccccc5c43)ccc21. The molecule has 8 aromatic rings. The molecule has 8 aromatic carbocycles. The predicted octanol–water partition coefficient (Wildman–Crippen LogP) is 12.3. The van der Waals surface area contributed by atoms with E-state index in [1.165, 1.54) is 77.5 Å². The van der Waals surface area contributed by atoms with Crippen LogP contribution in [-0.4, -0.2) is 0 Å². The van der Waals surface area contributed by atoms with E-state index in [4.69, 9.17) is 4.74 Å². The molecule has 0 radical (unpaired) electrons. The summed E-state index contributed by atoms with van der Waals surface area (Å²) in [6.45, 7) is 2.34. The second-order valence-electron chi connectivity index (χ2n) is 14.1. The van der Waals surface area contributed by atoms with Crippen molar-refractivity contribution < 1.29 is 4.74 Å². The van der Waals surface area contributed by atoms with Gasteiger partial charge in [-0.3, -0.25) is 0 Å². The van der Waals surface area contributed by atoms with Gasteiger partial charge in [0.2, 0.25) is 0 Å². The van der Waals surface area contributed by atoms with E-state index < -0.39 is 5.41 Å². The van der Waals surface area contributed by atoms with Crippen LogP contribution < -0.4 is 4.74 Å². The molecule has 0 fully saturated rings. The summed E-state index contributed by atoms with van der Waals surface area (Å²) in [6.07, 6.45) is 0. The Balaban J connectivity index is 1.19. The van der Waals surface area contributed by atoms with Crippen LogP contribution in [0.3, 0.4) is 0 Å². The Kier molecular flexibility index (Phi) is 5.51. The van der Waals surface area contributed by atoms with Crippen molar-refractivity contribution in [2.45, 2.75) is 17.8 Å². The average molecular weight is 637 g/mol. The van der Waals surface area contributed by atoms with Crippen molar-refractivity contribution in [3.8, 4) is 44.9 Å². The molecule has 11 rings (SSSR count). The fourth-order valence-electron chi connectivity index (χ4n) is 9.71. The van der Waals surface area contributed by atoms with Crippen LogP contribution in [0.1, 0.15) is 45.9 Å². The van der Waals surface area contributed by atoms with Crippen molar-refractivity contribution in [1.82, 2.24) is 0 Å². The summed E-state index contributed by atoms with van der Waals surface area (Å²) in [4.78, 5) is 0. The quantitative estimate of drug-likeness (QED) is 0.183. The first-order valence-corrected chi connectivity index (χ1v) is 17.5. The largest absolute Gasteiger partial charge is 0.457 e. The number of hydrogen-bond donors (Lipinski definition) is 0. The lowest BCUT2D eigenvalue weighted by Crippen LogP contribution is -2.29. The van der Waals surface area contributed by atoms with E-state index in [0.717, 1.165) is 17.1 Å². The smallest absolute Gasteiger partial charge is 0.132 e. The van der Waals surface area contributed by atoms with Crippen LogP contribution >= 0.6 is 0 Å². The van der Waals surface area contributed by atoms with E-state index in [1.54, 1.807) is 0 Å². The molecule has 0 N–H and O–H groups in total. The van der Waals surface area contributed by atoms with Gasteiger partial charge in [-0.1, -0.05) is 164 Å². The molecule has 1 heterocycles. The fraction of sp³-hybridized carbons (Fsp3) is 0.0612. The molecule has 1 aliphatic heterocycles. The van der Waals surface area contributed by atoms with E-state index in [2.05, 4.69) is 183 Å². The second-order valence-corrected chi connectivity index (χ2v) is 14.1. The highest BCUT2D eigenvalue weighted by Gasteiger charge is 2.53. The summed E-state index contributed by atoms with van der Waals surface area (Å²) in [7, 11) is 0. The maximum Gasteiger partial charge on any atom is 0.132 e. The summed E-state index contributed by atoms with van der Waals surface area (Å²) in [5.74, 6) is 1.82. The van der Waals surface area contributed by atoms with Gasteiger partial charge in [-0.15, -0.1) is 0 Å². The van der Waals surface area contributed by atoms with Crippen LogP contribution in [-0.2, 0) is 10.8 Å². The molecule has 2 atom stereocenters. The molecule has 2 aliphatic carbocycles. The summed E-state index contributed by atoms with van der Waals surface area (Å²) in [6, 6.07) is 64.9.